The zero-order chi connectivity index (χ0) is 30.9. The van der Waals surface area contributed by atoms with Gasteiger partial charge in [-0.1, -0.05) is 96.1 Å². The van der Waals surface area contributed by atoms with Crippen molar-refractivity contribution >= 4 is 11.9 Å². The Balaban J connectivity index is 2.23. The molecule has 0 unspecified atom stereocenters. The number of esters is 2. The molecule has 42 heavy (non-hydrogen) atoms. The lowest BCUT2D eigenvalue weighted by Gasteiger charge is -2.22. The van der Waals surface area contributed by atoms with E-state index in [0.717, 1.165) is 30.4 Å². The lowest BCUT2D eigenvalue weighted by atomic mass is 9.87. The maximum Gasteiger partial charge on any atom is 0.340 e. The van der Waals surface area contributed by atoms with Gasteiger partial charge >= 0.3 is 11.9 Å². The van der Waals surface area contributed by atoms with Crippen LogP contribution in [0.1, 0.15) is 149 Å². The Kier molecular flexibility index (Phi) is 16.2. The molecule has 0 fully saturated rings. The van der Waals surface area contributed by atoms with Crippen molar-refractivity contribution in [1.82, 2.24) is 4.98 Å². The van der Waals surface area contributed by atoms with Crippen LogP contribution in [0.15, 0.2) is 18.2 Å². The van der Waals surface area contributed by atoms with Crippen LogP contribution < -0.4 is 4.74 Å². The fourth-order valence-electron chi connectivity index (χ4n) is 5.65. The van der Waals surface area contributed by atoms with Crippen LogP contribution in [0, 0.1) is 13.8 Å². The van der Waals surface area contributed by atoms with Crippen molar-refractivity contribution in [2.75, 3.05) is 13.7 Å². The molecular weight excluding hydrogens is 526 g/mol. The number of pyridine rings is 1. The second kappa shape index (κ2) is 19.3. The lowest BCUT2D eigenvalue weighted by Crippen LogP contribution is -2.20. The van der Waals surface area contributed by atoms with Gasteiger partial charge < -0.3 is 14.2 Å². The van der Waals surface area contributed by atoms with Gasteiger partial charge in [-0.2, -0.15) is 0 Å². The summed E-state index contributed by atoms with van der Waals surface area (Å²) in [5.41, 5.74) is 3.87. The topological polar surface area (TPSA) is 74.7 Å². The molecule has 0 N–H and O–H groups in total. The number of unbranched alkanes of at least 4 members (excludes halogenated alkanes) is 12. The summed E-state index contributed by atoms with van der Waals surface area (Å²) in [7, 11) is 1.62. The van der Waals surface area contributed by atoms with Crippen molar-refractivity contribution in [2.24, 2.45) is 0 Å². The van der Waals surface area contributed by atoms with Crippen LogP contribution in [-0.2, 0) is 15.9 Å². The number of carbonyl (C=O) groups excluding carboxylic acids is 2. The molecule has 2 aromatic rings. The molecule has 0 atom stereocenters. The highest BCUT2D eigenvalue weighted by molar-refractivity contribution is 6.08. The van der Waals surface area contributed by atoms with Gasteiger partial charge in [-0.15, -0.1) is 0 Å². The van der Waals surface area contributed by atoms with Crippen LogP contribution in [0.25, 0.3) is 11.1 Å². The van der Waals surface area contributed by atoms with E-state index in [1.165, 1.54) is 70.6 Å². The molecule has 0 aliphatic carbocycles. The van der Waals surface area contributed by atoms with Gasteiger partial charge in [0.05, 0.1) is 42.3 Å². The van der Waals surface area contributed by atoms with Crippen LogP contribution in [-0.4, -0.2) is 36.7 Å². The molecule has 0 aliphatic heterocycles. The predicted octanol–water partition coefficient (Wildman–Crippen LogP) is 9.75. The van der Waals surface area contributed by atoms with E-state index in [0.29, 0.717) is 22.7 Å². The van der Waals surface area contributed by atoms with Crippen molar-refractivity contribution in [3.63, 3.8) is 0 Å². The fraction of sp³-hybridized carbons (Fsp3) is 0.639. The molecule has 0 bridgehead atoms. The van der Waals surface area contributed by atoms with E-state index in [1.807, 2.05) is 26.0 Å². The number of benzene rings is 1. The minimum Gasteiger partial charge on any atom is -0.496 e. The molecule has 234 valence electrons. The van der Waals surface area contributed by atoms with Gasteiger partial charge in [0, 0.05) is 11.1 Å². The molecule has 0 aliphatic rings. The van der Waals surface area contributed by atoms with E-state index >= 15 is 0 Å². The highest BCUT2D eigenvalue weighted by Gasteiger charge is 2.31. The van der Waals surface area contributed by atoms with Crippen LogP contribution in [0.4, 0.5) is 0 Å². The highest BCUT2D eigenvalue weighted by atomic mass is 16.5. The smallest absolute Gasteiger partial charge is 0.340 e. The van der Waals surface area contributed by atoms with E-state index in [2.05, 4.69) is 18.0 Å². The number of methoxy groups -OCH3 is 1. The normalized spacial score (nSPS) is 11.1. The number of ether oxygens (including phenoxy) is 3. The lowest BCUT2D eigenvalue weighted by molar-refractivity contribution is 0.0377. The summed E-state index contributed by atoms with van der Waals surface area (Å²) in [6.07, 6.45) is 17.3. The van der Waals surface area contributed by atoms with Gasteiger partial charge in [-0.3, -0.25) is 4.98 Å². The van der Waals surface area contributed by atoms with E-state index in [-0.39, 0.29) is 23.8 Å². The van der Waals surface area contributed by atoms with Gasteiger partial charge in [0.15, 0.2) is 0 Å². The maximum atomic E-state index is 13.5. The van der Waals surface area contributed by atoms with Crippen LogP contribution in [0.5, 0.6) is 5.75 Å². The van der Waals surface area contributed by atoms with E-state index < -0.39 is 11.9 Å². The average Bonchev–Trinajstić information content (AvgIpc) is 2.94. The third-order valence-electron chi connectivity index (χ3n) is 7.72. The molecule has 6 nitrogen and oxygen atoms in total. The van der Waals surface area contributed by atoms with Gasteiger partial charge in [0.1, 0.15) is 5.75 Å². The van der Waals surface area contributed by atoms with Gasteiger partial charge in [-0.05, 0) is 59.1 Å². The maximum absolute atomic E-state index is 13.5. The molecule has 0 radical (unpaired) electrons. The first-order chi connectivity index (χ1) is 20.3. The molecular formula is C36H55NO5. The first-order valence-electron chi connectivity index (χ1n) is 16.3. The van der Waals surface area contributed by atoms with Crippen molar-refractivity contribution in [3.05, 3.63) is 46.3 Å². The summed E-state index contributed by atoms with van der Waals surface area (Å²) in [6, 6.07) is 5.91. The van der Waals surface area contributed by atoms with Gasteiger partial charge in [0.25, 0.3) is 0 Å². The third kappa shape index (κ3) is 10.7. The second-order valence-electron chi connectivity index (χ2n) is 11.6. The summed E-state index contributed by atoms with van der Waals surface area (Å²) in [4.78, 5) is 31.3. The van der Waals surface area contributed by atoms with Gasteiger partial charge in [-0.25, -0.2) is 9.59 Å². The average molecular weight is 582 g/mol. The standard InChI is InChI=1S/C36H55NO5/c1-8-10-11-12-13-14-15-16-17-18-19-20-21-23-29-24-22-25-30(40-7)33(29)34-31(35(38)41-9-2)27(5)37-28(6)32(34)36(39)42-26(3)4/h22,24-26H,8-21,23H2,1-7H3. The summed E-state index contributed by atoms with van der Waals surface area (Å²) in [5.74, 6) is -0.404. The molecule has 0 saturated heterocycles. The Morgan fingerprint density at radius 1 is 0.738 bits per heavy atom. The van der Waals surface area contributed by atoms with Crippen molar-refractivity contribution in [2.45, 2.75) is 138 Å². The SMILES string of the molecule is CCCCCCCCCCCCCCCc1cccc(OC)c1-c1c(C(=O)OCC)c(C)nc(C)c1C(=O)OC(C)C. The fourth-order valence-corrected chi connectivity index (χ4v) is 5.65. The zero-order valence-electron chi connectivity index (χ0n) is 27.4. The Morgan fingerprint density at radius 3 is 1.76 bits per heavy atom. The predicted molar refractivity (Wildman–Crippen MR) is 172 cm³/mol. The van der Waals surface area contributed by atoms with Crippen LogP contribution >= 0.6 is 0 Å². The monoisotopic (exact) mass is 581 g/mol. The number of aromatic nitrogens is 1. The number of aryl methyl sites for hydroxylation is 3. The summed E-state index contributed by atoms with van der Waals surface area (Å²) in [5, 5.41) is 0. The number of hydrogen-bond acceptors (Lipinski definition) is 6. The summed E-state index contributed by atoms with van der Waals surface area (Å²) in [6.45, 7) is 11.4. The first-order valence-corrected chi connectivity index (χ1v) is 16.3. The number of rotatable bonds is 20. The van der Waals surface area contributed by atoms with E-state index in [9.17, 15) is 9.59 Å². The first kappa shape index (κ1) is 35.3. The third-order valence-corrected chi connectivity index (χ3v) is 7.72. The number of hydrogen-bond donors (Lipinski definition) is 0. The zero-order valence-corrected chi connectivity index (χ0v) is 27.4. The second-order valence-corrected chi connectivity index (χ2v) is 11.6. The summed E-state index contributed by atoms with van der Waals surface area (Å²) < 4.78 is 16.9. The van der Waals surface area contributed by atoms with Gasteiger partial charge in [0.2, 0.25) is 0 Å². The summed E-state index contributed by atoms with van der Waals surface area (Å²) >= 11 is 0. The molecule has 1 heterocycles. The number of nitrogens with zero attached hydrogens (tertiary/aromatic N) is 1. The minimum absolute atomic E-state index is 0.217. The van der Waals surface area contributed by atoms with Crippen molar-refractivity contribution < 1.29 is 23.8 Å². The molecule has 1 aromatic carbocycles. The highest BCUT2D eigenvalue weighted by Crippen LogP contribution is 2.41. The molecule has 2 rings (SSSR count). The molecule has 0 spiro atoms. The Hall–Kier alpha value is -2.89. The van der Waals surface area contributed by atoms with Crippen molar-refractivity contribution in [1.29, 1.82) is 0 Å². The minimum atomic E-state index is -0.506. The Bertz CT molecular complexity index is 1120. The van der Waals surface area contributed by atoms with E-state index in [4.69, 9.17) is 14.2 Å². The van der Waals surface area contributed by atoms with Crippen LogP contribution in [0.2, 0.25) is 0 Å². The molecule has 1 aromatic heterocycles. The van der Waals surface area contributed by atoms with Crippen molar-refractivity contribution in [3.8, 4) is 16.9 Å². The van der Waals surface area contributed by atoms with E-state index in [1.54, 1.807) is 27.9 Å². The molecule has 0 amide bonds. The Morgan fingerprint density at radius 2 is 1.26 bits per heavy atom. The Labute approximate surface area is 254 Å². The van der Waals surface area contributed by atoms with Crippen LogP contribution in [0.3, 0.4) is 0 Å². The number of carbonyl (C=O) groups is 2. The molecule has 6 heteroatoms. The largest absolute Gasteiger partial charge is 0.496 e. The molecule has 0 saturated carbocycles. The quantitative estimate of drug-likeness (QED) is 0.114.